The Balaban J connectivity index is 1.79. The minimum atomic E-state index is -4.97. The Morgan fingerprint density at radius 1 is 0.788 bits per heavy atom. The van der Waals surface area contributed by atoms with Gasteiger partial charge in [0, 0.05) is 18.1 Å². The lowest BCUT2D eigenvalue weighted by atomic mass is 10.0. The summed E-state index contributed by atoms with van der Waals surface area (Å²) in [6.07, 6.45) is -6.99. The molecule has 3 rings (SSSR count). The van der Waals surface area contributed by atoms with E-state index in [-0.39, 0.29) is 0 Å². The van der Waals surface area contributed by atoms with Crippen molar-refractivity contribution in [2.45, 2.75) is 32.1 Å². The SMILES string of the molecule is CCCc1ccc(-c2ccc(C(F)(F)Oc3cc(F)c(C#CC(F)(F)F)c(F)c3)cc2)cc1. The van der Waals surface area contributed by atoms with Crippen LogP contribution in [0.25, 0.3) is 11.1 Å². The van der Waals surface area contributed by atoms with Crippen molar-refractivity contribution in [1.82, 2.24) is 0 Å². The maximum absolute atomic E-state index is 14.5. The standard InChI is InChI=1S/C25H17F7O/c1-2-3-16-4-6-17(7-5-16)18-8-10-19(11-9-18)25(31,32)33-20-14-22(26)21(23(27)15-20)12-13-24(28,29)30/h4-11,14-15H,2-3H2,1H3. The fourth-order valence-corrected chi connectivity index (χ4v) is 3.08. The summed E-state index contributed by atoms with van der Waals surface area (Å²) in [4.78, 5) is 0. The first-order valence-electron chi connectivity index (χ1n) is 9.84. The maximum atomic E-state index is 14.5. The van der Waals surface area contributed by atoms with Gasteiger partial charge in [0.15, 0.2) is 0 Å². The molecule has 0 saturated carbocycles. The fourth-order valence-electron chi connectivity index (χ4n) is 3.08. The van der Waals surface area contributed by atoms with Gasteiger partial charge < -0.3 is 4.74 Å². The third kappa shape index (κ3) is 6.28. The number of ether oxygens (including phenoxy) is 1. The van der Waals surface area contributed by atoms with E-state index < -0.39 is 40.8 Å². The van der Waals surface area contributed by atoms with Crippen molar-refractivity contribution in [1.29, 1.82) is 0 Å². The Morgan fingerprint density at radius 3 is 1.79 bits per heavy atom. The van der Waals surface area contributed by atoms with Gasteiger partial charge in [0.05, 0.1) is 11.1 Å². The van der Waals surface area contributed by atoms with Crippen LogP contribution in [0.3, 0.4) is 0 Å². The number of benzene rings is 3. The predicted octanol–water partition coefficient (Wildman–Crippen LogP) is 7.63. The molecule has 0 unspecified atom stereocenters. The fraction of sp³-hybridized carbons (Fsp3) is 0.200. The molecule has 0 aliphatic heterocycles. The normalized spacial score (nSPS) is 11.6. The van der Waals surface area contributed by atoms with Crippen LogP contribution in [0, 0.1) is 23.5 Å². The number of hydrogen-bond donors (Lipinski definition) is 0. The number of rotatable bonds is 6. The zero-order chi connectivity index (χ0) is 24.2. The monoisotopic (exact) mass is 466 g/mol. The molecule has 0 radical (unpaired) electrons. The topological polar surface area (TPSA) is 9.23 Å². The molecule has 0 aromatic heterocycles. The molecule has 0 atom stereocenters. The van der Waals surface area contributed by atoms with E-state index in [1.54, 1.807) is 0 Å². The van der Waals surface area contributed by atoms with Crippen molar-refractivity contribution < 1.29 is 35.5 Å². The average Bonchev–Trinajstić information content (AvgIpc) is 2.73. The van der Waals surface area contributed by atoms with Crippen LogP contribution in [0.1, 0.15) is 30.0 Å². The highest BCUT2D eigenvalue weighted by molar-refractivity contribution is 5.64. The summed E-state index contributed by atoms with van der Waals surface area (Å²) >= 11 is 0. The van der Waals surface area contributed by atoms with E-state index in [0.717, 1.165) is 42.0 Å². The first-order valence-corrected chi connectivity index (χ1v) is 9.84. The third-order valence-electron chi connectivity index (χ3n) is 4.64. The highest BCUT2D eigenvalue weighted by atomic mass is 19.4. The van der Waals surface area contributed by atoms with E-state index in [9.17, 15) is 30.7 Å². The number of hydrogen-bond acceptors (Lipinski definition) is 1. The van der Waals surface area contributed by atoms with E-state index in [1.165, 1.54) is 18.1 Å². The highest BCUT2D eigenvalue weighted by Crippen LogP contribution is 2.34. The zero-order valence-corrected chi connectivity index (χ0v) is 17.2. The lowest BCUT2D eigenvalue weighted by molar-refractivity contribution is -0.185. The van der Waals surface area contributed by atoms with Crippen LogP contribution in [0.4, 0.5) is 30.7 Å². The first-order chi connectivity index (χ1) is 15.5. The molecule has 3 aromatic rings. The average molecular weight is 466 g/mol. The Morgan fingerprint density at radius 2 is 1.30 bits per heavy atom. The molecular weight excluding hydrogens is 449 g/mol. The maximum Gasteiger partial charge on any atom is 0.458 e. The Labute approximate surface area is 185 Å². The lowest BCUT2D eigenvalue weighted by Crippen LogP contribution is -2.22. The van der Waals surface area contributed by atoms with Crippen LogP contribution in [0.15, 0.2) is 60.7 Å². The van der Waals surface area contributed by atoms with E-state index in [1.807, 2.05) is 24.3 Å². The minimum Gasteiger partial charge on any atom is -0.429 e. The molecule has 3 aromatic carbocycles. The quantitative estimate of drug-likeness (QED) is 0.268. The molecule has 172 valence electrons. The molecule has 0 saturated heterocycles. The molecule has 0 bridgehead atoms. The van der Waals surface area contributed by atoms with E-state index in [4.69, 9.17) is 0 Å². The molecule has 0 amide bonds. The Hall–Kier alpha value is -3.47. The van der Waals surface area contributed by atoms with Gasteiger partial charge in [-0.3, -0.25) is 0 Å². The largest absolute Gasteiger partial charge is 0.458 e. The second kappa shape index (κ2) is 9.57. The lowest BCUT2D eigenvalue weighted by Gasteiger charge is -2.19. The summed E-state index contributed by atoms with van der Waals surface area (Å²) in [7, 11) is 0. The van der Waals surface area contributed by atoms with Crippen LogP contribution in [0.2, 0.25) is 0 Å². The summed E-state index contributed by atoms with van der Waals surface area (Å²) in [6, 6.07) is 13.5. The summed E-state index contributed by atoms with van der Waals surface area (Å²) in [5, 5.41) is 0. The molecule has 33 heavy (non-hydrogen) atoms. The van der Waals surface area contributed by atoms with Gasteiger partial charge in [-0.25, -0.2) is 8.78 Å². The number of halogens is 7. The summed E-state index contributed by atoms with van der Waals surface area (Å²) < 4.78 is 97.8. The molecule has 1 nitrogen and oxygen atoms in total. The van der Waals surface area contributed by atoms with Crippen molar-refractivity contribution in [3.05, 3.63) is 89.0 Å². The van der Waals surface area contributed by atoms with Gasteiger partial charge in [0.1, 0.15) is 17.4 Å². The van der Waals surface area contributed by atoms with Crippen LogP contribution in [-0.4, -0.2) is 6.18 Å². The Bertz CT molecular complexity index is 1150. The molecule has 0 fully saturated rings. The number of aryl methyl sites for hydroxylation is 1. The van der Waals surface area contributed by atoms with Gasteiger partial charge in [-0.15, -0.1) is 0 Å². The van der Waals surface area contributed by atoms with Gasteiger partial charge in [-0.1, -0.05) is 55.7 Å². The third-order valence-corrected chi connectivity index (χ3v) is 4.64. The van der Waals surface area contributed by atoms with Crippen molar-refractivity contribution >= 4 is 0 Å². The highest BCUT2D eigenvalue weighted by Gasteiger charge is 2.35. The van der Waals surface area contributed by atoms with Gasteiger partial charge in [-0.2, -0.15) is 22.0 Å². The molecular formula is C25H17F7O. The molecule has 0 N–H and O–H groups in total. The minimum absolute atomic E-state index is 0.351. The second-order valence-electron chi connectivity index (χ2n) is 7.15. The number of alkyl halides is 5. The second-order valence-corrected chi connectivity index (χ2v) is 7.15. The summed E-state index contributed by atoms with van der Waals surface area (Å²) in [5.74, 6) is -1.98. The summed E-state index contributed by atoms with van der Waals surface area (Å²) in [5.41, 5.74) is 0.896. The van der Waals surface area contributed by atoms with E-state index in [2.05, 4.69) is 11.7 Å². The van der Waals surface area contributed by atoms with E-state index >= 15 is 0 Å². The van der Waals surface area contributed by atoms with Crippen LogP contribution >= 0.6 is 0 Å². The smallest absolute Gasteiger partial charge is 0.429 e. The predicted molar refractivity (Wildman–Crippen MR) is 110 cm³/mol. The molecule has 8 heteroatoms. The van der Waals surface area contributed by atoms with Gasteiger partial charge >= 0.3 is 12.3 Å². The summed E-state index contributed by atoms with van der Waals surface area (Å²) in [6.45, 7) is 2.06. The molecule has 0 spiro atoms. The van der Waals surface area contributed by atoms with E-state index in [0.29, 0.717) is 17.7 Å². The van der Waals surface area contributed by atoms with Crippen molar-refractivity contribution in [3.8, 4) is 28.7 Å². The molecule has 0 aliphatic carbocycles. The zero-order valence-electron chi connectivity index (χ0n) is 17.2. The molecule has 0 heterocycles. The first kappa shape index (κ1) is 24.2. The van der Waals surface area contributed by atoms with Gasteiger partial charge in [0.2, 0.25) is 0 Å². The van der Waals surface area contributed by atoms with Crippen molar-refractivity contribution in [2.75, 3.05) is 0 Å². The molecule has 0 aliphatic rings. The van der Waals surface area contributed by atoms with Gasteiger partial charge in [0.25, 0.3) is 0 Å². The van der Waals surface area contributed by atoms with Crippen LogP contribution in [0.5, 0.6) is 5.75 Å². The Kier molecular flexibility index (Phi) is 7.01. The van der Waals surface area contributed by atoms with Crippen LogP contribution in [-0.2, 0) is 12.5 Å². The van der Waals surface area contributed by atoms with Crippen molar-refractivity contribution in [3.63, 3.8) is 0 Å². The van der Waals surface area contributed by atoms with Crippen molar-refractivity contribution in [2.24, 2.45) is 0 Å². The van der Waals surface area contributed by atoms with Crippen LogP contribution < -0.4 is 4.74 Å². The van der Waals surface area contributed by atoms with Gasteiger partial charge in [-0.05, 0) is 35.2 Å².